The molecule has 2 aliphatic rings. The molecule has 0 saturated heterocycles. The molecule has 1 aliphatic carbocycles. The topological polar surface area (TPSA) is 66.4 Å². The molecule has 0 fully saturated rings. The molecule has 2 heterocycles. The van der Waals surface area contributed by atoms with Gasteiger partial charge in [-0.3, -0.25) is 19.4 Å². The largest absolute Gasteiger partial charge is 0.288 e. The number of Topliss-reactive ketones (excluding diaryl/α,β-unsaturated/α-hetero) is 2. The van der Waals surface area contributed by atoms with E-state index in [2.05, 4.69) is 193 Å². The van der Waals surface area contributed by atoms with Crippen molar-refractivity contribution in [3.63, 3.8) is 0 Å². The Morgan fingerprint density at radius 3 is 1.13 bits per heavy atom. The van der Waals surface area contributed by atoms with Crippen molar-refractivity contribution in [2.45, 2.75) is 144 Å². The number of carbonyl (C=O) groups is 2. The number of para-hydroxylation sites is 2. The molecule has 6 nitrogen and oxygen atoms in total. The van der Waals surface area contributed by atoms with Gasteiger partial charge in [0.05, 0.1) is 48.1 Å². The molecule has 1 aromatic heterocycles. The fraction of sp³-hybridized carbons (Fsp3) is 0.333. The molecule has 0 N–H and O–H groups in total. The van der Waals surface area contributed by atoms with Crippen LogP contribution in [0.1, 0.15) is 177 Å². The lowest BCUT2D eigenvalue weighted by molar-refractivity contribution is 0.0988. The highest BCUT2D eigenvalue weighted by Gasteiger charge is 2.42. The fourth-order valence-electron chi connectivity index (χ4n) is 10.2. The van der Waals surface area contributed by atoms with Gasteiger partial charge in [0.2, 0.25) is 0 Å². The van der Waals surface area contributed by atoms with Gasteiger partial charge in [0.25, 0.3) is 0 Å². The molecular weight excluding hydrogens is 1020 g/mol. The van der Waals surface area contributed by atoms with Crippen molar-refractivity contribution >= 4 is 92.0 Å². The Kier molecular flexibility index (Phi) is 14.2. The van der Waals surface area contributed by atoms with Crippen molar-refractivity contribution in [1.29, 1.82) is 0 Å². The zero-order valence-corrected chi connectivity index (χ0v) is 49.7. The number of nitrogens with zero attached hydrogens (tertiary/aromatic N) is 4. The van der Waals surface area contributed by atoms with Crippen molar-refractivity contribution in [1.82, 2.24) is 9.97 Å². The first kappa shape index (κ1) is 55.0. The average molecular weight is 1090 g/mol. The Hall–Kier alpha value is -5.76. The SMILES string of the molecule is CC(C)c1cccc(C(C)C)c1N1/C(=C\C=C2C(=O)c3cc(Cl)c(Cl)cc3C2=O)N(c2c(-c3cc(C(C)(C)C)cc(C(C)(C)C)c3)cccc2-c2cc(C(C)(C)C)cc(C(C)(C)C)c2)c2nc3cc(Cl)c(Cl)cc3nc21. The summed E-state index contributed by atoms with van der Waals surface area (Å²) in [5.41, 5.74) is 13.3. The van der Waals surface area contributed by atoms with E-state index in [1.54, 1.807) is 18.2 Å². The molecule has 392 valence electrons. The van der Waals surface area contributed by atoms with Crippen molar-refractivity contribution in [3.8, 4) is 22.3 Å². The Bertz CT molecular complexity index is 3400. The van der Waals surface area contributed by atoms with Gasteiger partial charge >= 0.3 is 0 Å². The molecule has 1 aliphatic heterocycles. The minimum absolute atomic E-state index is 0.0172. The minimum atomic E-state index is -0.441. The van der Waals surface area contributed by atoms with E-state index in [4.69, 9.17) is 56.4 Å². The standard InChI is InChI=1S/C66H68Cl4N4O2/c1-35(2)43-19-17-20-44(36(3)4)57(43)73-56(24-23-47-59(75)48-31-50(67)51(68)32-49(48)60(47)76)74(62-61(73)71-54-33-52(69)53(70)34-55(54)72-62)58-45(37-25-39(63(5,6)7)29-40(26-37)64(8,9)10)21-18-22-46(58)38-27-41(65(11,12)13)30-42(28-38)66(14,15)16/h17-36H,1-16H3/b56-24+. The van der Waals surface area contributed by atoms with Crippen LogP contribution in [0.2, 0.25) is 20.1 Å². The van der Waals surface area contributed by atoms with Crippen LogP contribution in [0.25, 0.3) is 33.3 Å². The lowest BCUT2D eigenvalue weighted by Gasteiger charge is -2.33. The Morgan fingerprint density at radius 1 is 0.434 bits per heavy atom. The van der Waals surface area contributed by atoms with Crippen molar-refractivity contribution < 1.29 is 9.59 Å². The summed E-state index contributed by atoms with van der Waals surface area (Å²) in [6.45, 7) is 35.9. The monoisotopic (exact) mass is 1090 g/mol. The van der Waals surface area contributed by atoms with Crippen LogP contribution in [-0.4, -0.2) is 21.5 Å². The summed E-state index contributed by atoms with van der Waals surface area (Å²) < 4.78 is 0. The highest BCUT2D eigenvalue weighted by Crippen LogP contribution is 2.56. The smallest absolute Gasteiger partial charge is 0.197 e. The Morgan fingerprint density at radius 2 is 0.776 bits per heavy atom. The van der Waals surface area contributed by atoms with Gasteiger partial charge in [0, 0.05) is 22.3 Å². The molecule has 0 spiro atoms. The zero-order valence-electron chi connectivity index (χ0n) is 46.7. The lowest BCUT2D eigenvalue weighted by Crippen LogP contribution is -2.25. The van der Waals surface area contributed by atoms with Gasteiger partial charge in [-0.2, -0.15) is 0 Å². The number of hydrogen-bond donors (Lipinski definition) is 0. The molecule has 0 bridgehead atoms. The number of carbonyl (C=O) groups excluding carboxylic acids is 2. The molecule has 10 heteroatoms. The first-order valence-corrected chi connectivity index (χ1v) is 27.7. The summed E-state index contributed by atoms with van der Waals surface area (Å²) in [5.74, 6) is 0.892. The molecule has 0 atom stereocenters. The van der Waals surface area contributed by atoms with Crippen molar-refractivity contribution in [2.24, 2.45) is 0 Å². The Labute approximate surface area is 470 Å². The summed E-state index contributed by atoms with van der Waals surface area (Å²) in [6.07, 6.45) is 3.53. The van der Waals surface area contributed by atoms with Crippen LogP contribution in [0.3, 0.4) is 0 Å². The third-order valence-corrected chi connectivity index (χ3v) is 16.2. The minimum Gasteiger partial charge on any atom is -0.288 e. The number of aromatic nitrogens is 2. The van der Waals surface area contributed by atoms with Crippen LogP contribution in [0.15, 0.2) is 121 Å². The van der Waals surface area contributed by atoms with E-state index in [1.165, 1.54) is 34.4 Å². The number of ketones is 2. The predicted octanol–water partition coefficient (Wildman–Crippen LogP) is 20.2. The maximum absolute atomic E-state index is 14.5. The zero-order chi connectivity index (χ0) is 55.5. The van der Waals surface area contributed by atoms with Crippen molar-refractivity contribution in [3.05, 3.63) is 185 Å². The van der Waals surface area contributed by atoms with E-state index in [1.807, 2.05) is 6.08 Å². The number of fused-ring (bicyclic) bond motifs is 3. The van der Waals surface area contributed by atoms with Crippen LogP contribution < -0.4 is 9.80 Å². The summed E-state index contributed by atoms with van der Waals surface area (Å²) in [7, 11) is 0. The number of hydrogen-bond acceptors (Lipinski definition) is 6. The van der Waals surface area contributed by atoms with Crippen molar-refractivity contribution in [2.75, 3.05) is 9.80 Å². The maximum atomic E-state index is 14.5. The van der Waals surface area contributed by atoms with Crippen LogP contribution in [-0.2, 0) is 21.7 Å². The normalized spacial score (nSPS) is 14.8. The van der Waals surface area contributed by atoms with E-state index in [0.29, 0.717) is 38.5 Å². The Balaban J connectivity index is 1.51. The number of benzene rings is 6. The van der Waals surface area contributed by atoms with Gasteiger partial charge in [-0.25, -0.2) is 9.97 Å². The van der Waals surface area contributed by atoms with Gasteiger partial charge in [-0.15, -0.1) is 0 Å². The van der Waals surface area contributed by atoms with E-state index in [0.717, 1.165) is 44.8 Å². The number of rotatable bonds is 7. The lowest BCUT2D eigenvalue weighted by atomic mass is 9.77. The quantitative estimate of drug-likeness (QED) is 0.117. The molecule has 0 saturated carbocycles. The third-order valence-electron chi connectivity index (χ3n) is 14.8. The fourth-order valence-corrected chi connectivity index (χ4v) is 10.8. The van der Waals surface area contributed by atoms with Gasteiger partial charge < -0.3 is 0 Å². The van der Waals surface area contributed by atoms with Gasteiger partial charge in [-0.05, 0) is 114 Å². The molecule has 9 rings (SSSR count). The molecule has 0 radical (unpaired) electrons. The molecule has 0 amide bonds. The summed E-state index contributed by atoms with van der Waals surface area (Å²) in [6, 6.07) is 33.5. The highest BCUT2D eigenvalue weighted by molar-refractivity contribution is 6.45. The summed E-state index contributed by atoms with van der Waals surface area (Å²) >= 11 is 26.7. The third kappa shape index (κ3) is 10.0. The van der Waals surface area contributed by atoms with Crippen LogP contribution in [0.5, 0.6) is 0 Å². The second-order valence-corrected chi connectivity index (χ2v) is 26.9. The second kappa shape index (κ2) is 19.6. The predicted molar refractivity (Wildman–Crippen MR) is 322 cm³/mol. The molecule has 0 unspecified atom stereocenters. The van der Waals surface area contributed by atoms with E-state index < -0.39 is 11.6 Å². The number of anilines is 4. The van der Waals surface area contributed by atoms with E-state index in [-0.39, 0.29) is 60.2 Å². The molecular formula is C66H68Cl4N4O2. The first-order chi connectivity index (χ1) is 35.3. The van der Waals surface area contributed by atoms with Crippen LogP contribution >= 0.6 is 46.4 Å². The second-order valence-electron chi connectivity index (χ2n) is 25.3. The van der Waals surface area contributed by atoms with Gasteiger partial charge in [-0.1, -0.05) is 230 Å². The number of allylic oxidation sites excluding steroid dienone is 3. The molecule has 6 aromatic carbocycles. The summed E-state index contributed by atoms with van der Waals surface area (Å²) in [4.78, 5) is 44.6. The maximum Gasteiger partial charge on any atom is 0.197 e. The van der Waals surface area contributed by atoms with Gasteiger partial charge in [0.15, 0.2) is 23.2 Å². The van der Waals surface area contributed by atoms with E-state index in [9.17, 15) is 9.59 Å². The molecule has 76 heavy (non-hydrogen) atoms. The average Bonchev–Trinajstić information content (AvgIpc) is 3.76. The first-order valence-electron chi connectivity index (χ1n) is 26.2. The highest BCUT2D eigenvalue weighted by atomic mass is 35.5. The number of halogens is 4. The van der Waals surface area contributed by atoms with Crippen LogP contribution in [0, 0.1) is 0 Å². The van der Waals surface area contributed by atoms with Crippen LogP contribution in [0.4, 0.5) is 23.0 Å². The van der Waals surface area contributed by atoms with Gasteiger partial charge in [0.1, 0.15) is 5.82 Å². The summed E-state index contributed by atoms with van der Waals surface area (Å²) in [5, 5.41) is 1.09. The molecule has 7 aromatic rings. The van der Waals surface area contributed by atoms with E-state index >= 15 is 0 Å².